The van der Waals surface area contributed by atoms with Crippen LogP contribution in [-0.2, 0) is 11.8 Å². The molecule has 1 aliphatic rings. The van der Waals surface area contributed by atoms with Crippen molar-refractivity contribution in [3.05, 3.63) is 168 Å². The lowest BCUT2D eigenvalue weighted by molar-refractivity contribution is 0.611. The van der Waals surface area contributed by atoms with Gasteiger partial charge in [0.2, 0.25) is 0 Å². The summed E-state index contributed by atoms with van der Waals surface area (Å²) in [7, 11) is 0. The molecule has 6 aromatic rings. The summed E-state index contributed by atoms with van der Waals surface area (Å²) in [5.74, 6) is 0. The molecule has 0 atom stereocenters. The first-order chi connectivity index (χ1) is 19.6. The zero-order chi connectivity index (χ0) is 27.1. The zero-order valence-electron chi connectivity index (χ0n) is 23.1. The summed E-state index contributed by atoms with van der Waals surface area (Å²) in [6, 6.07) is 53.3. The fourth-order valence-corrected chi connectivity index (χ4v) is 6.35. The van der Waals surface area contributed by atoms with Gasteiger partial charge in [-0.2, -0.15) is 0 Å². The Balaban J connectivity index is 1.26. The van der Waals surface area contributed by atoms with E-state index in [-0.39, 0.29) is 5.41 Å². The molecule has 0 heterocycles. The minimum atomic E-state index is -0.0942. The first-order valence-electron chi connectivity index (χ1n) is 14.1. The highest BCUT2D eigenvalue weighted by atomic mass is 14.4. The molecule has 0 heteroatoms. The smallest absolute Gasteiger partial charge is 0.0152 e. The number of fused-ring (bicyclic) bond motifs is 2. The molecule has 0 saturated heterocycles. The molecule has 192 valence electrons. The van der Waals surface area contributed by atoms with Gasteiger partial charge in [0, 0.05) is 5.41 Å². The Labute approximate surface area is 237 Å². The fraction of sp³-hybridized carbons (Fsp3) is 0.100. The molecule has 0 unspecified atom stereocenters. The van der Waals surface area contributed by atoms with Crippen molar-refractivity contribution in [3.63, 3.8) is 0 Å². The van der Waals surface area contributed by atoms with Crippen LogP contribution in [0.25, 0.3) is 44.5 Å². The zero-order valence-corrected chi connectivity index (χ0v) is 23.1. The molecule has 0 N–H and O–H groups in total. The Morgan fingerprint density at radius 3 is 1.12 bits per heavy atom. The highest BCUT2D eigenvalue weighted by Crippen LogP contribution is 2.44. The third kappa shape index (κ3) is 4.36. The highest BCUT2D eigenvalue weighted by molar-refractivity contribution is 5.76. The predicted molar refractivity (Wildman–Crippen MR) is 170 cm³/mol. The van der Waals surface area contributed by atoms with Crippen LogP contribution in [0.1, 0.15) is 36.1 Å². The Bertz CT molecular complexity index is 1690. The van der Waals surface area contributed by atoms with E-state index in [4.69, 9.17) is 0 Å². The molecule has 7 rings (SSSR count). The molecule has 0 aliphatic heterocycles. The van der Waals surface area contributed by atoms with Gasteiger partial charge in [-0.25, -0.2) is 0 Å². The maximum Gasteiger partial charge on any atom is 0.0152 e. The van der Waals surface area contributed by atoms with Crippen molar-refractivity contribution in [1.82, 2.24) is 0 Å². The highest BCUT2D eigenvalue weighted by Gasteiger charge is 2.33. The molecular formula is C40H32. The van der Waals surface area contributed by atoms with Crippen LogP contribution in [0.4, 0.5) is 0 Å². The molecule has 0 amide bonds. The van der Waals surface area contributed by atoms with Crippen molar-refractivity contribution >= 4 is 0 Å². The van der Waals surface area contributed by atoms with E-state index in [0.717, 1.165) is 6.42 Å². The lowest BCUT2D eigenvalue weighted by atomic mass is 9.68. The van der Waals surface area contributed by atoms with Crippen molar-refractivity contribution in [3.8, 4) is 44.5 Å². The van der Waals surface area contributed by atoms with E-state index in [1.807, 2.05) is 0 Å². The van der Waals surface area contributed by atoms with Gasteiger partial charge < -0.3 is 0 Å². The molecular weight excluding hydrogens is 480 g/mol. The van der Waals surface area contributed by atoms with E-state index in [0.29, 0.717) is 0 Å². The lowest BCUT2D eigenvalue weighted by Crippen LogP contribution is -2.27. The van der Waals surface area contributed by atoms with Crippen LogP contribution >= 0.6 is 0 Å². The normalized spacial score (nSPS) is 13.3. The summed E-state index contributed by atoms with van der Waals surface area (Å²) in [5.41, 5.74) is 15.7. The van der Waals surface area contributed by atoms with Crippen LogP contribution in [0.5, 0.6) is 0 Å². The Morgan fingerprint density at radius 2 is 0.700 bits per heavy atom. The van der Waals surface area contributed by atoms with E-state index in [9.17, 15) is 0 Å². The summed E-state index contributed by atoms with van der Waals surface area (Å²) in [5, 5.41) is 0. The molecule has 0 fully saturated rings. The molecule has 0 spiro atoms. The van der Waals surface area contributed by atoms with E-state index >= 15 is 0 Å². The molecule has 0 nitrogen and oxygen atoms in total. The van der Waals surface area contributed by atoms with Gasteiger partial charge in [-0.15, -0.1) is 0 Å². The molecule has 0 radical (unpaired) electrons. The van der Waals surface area contributed by atoms with Gasteiger partial charge in [-0.3, -0.25) is 0 Å². The first-order valence-corrected chi connectivity index (χ1v) is 14.1. The predicted octanol–water partition coefficient (Wildman–Crippen LogP) is 10.6. The number of hydrogen-bond acceptors (Lipinski definition) is 0. The van der Waals surface area contributed by atoms with Crippen molar-refractivity contribution in [1.29, 1.82) is 0 Å². The van der Waals surface area contributed by atoms with E-state index < -0.39 is 0 Å². The first kappa shape index (κ1) is 24.4. The molecule has 40 heavy (non-hydrogen) atoms. The fourth-order valence-electron chi connectivity index (χ4n) is 6.35. The summed E-state index contributed by atoms with van der Waals surface area (Å²) in [4.78, 5) is 0. The van der Waals surface area contributed by atoms with Crippen LogP contribution in [0, 0.1) is 0 Å². The third-order valence-corrected chi connectivity index (χ3v) is 8.55. The quantitative estimate of drug-likeness (QED) is 0.220. The molecule has 0 saturated carbocycles. The van der Waals surface area contributed by atoms with Gasteiger partial charge >= 0.3 is 0 Å². The van der Waals surface area contributed by atoms with Crippen molar-refractivity contribution < 1.29 is 0 Å². The van der Waals surface area contributed by atoms with Gasteiger partial charge in [0.1, 0.15) is 0 Å². The monoisotopic (exact) mass is 512 g/mol. The van der Waals surface area contributed by atoms with Crippen LogP contribution in [-0.4, -0.2) is 0 Å². The molecule has 0 aromatic heterocycles. The summed E-state index contributed by atoms with van der Waals surface area (Å²) in [6.07, 6.45) is 0.975. The Kier molecular flexibility index (Phi) is 5.98. The average molecular weight is 513 g/mol. The Hall–Kier alpha value is -4.68. The summed E-state index contributed by atoms with van der Waals surface area (Å²) < 4.78 is 0. The number of rotatable bonds is 4. The van der Waals surface area contributed by atoms with Crippen LogP contribution < -0.4 is 0 Å². The van der Waals surface area contributed by atoms with Crippen LogP contribution in [0.3, 0.4) is 0 Å². The maximum absolute atomic E-state index is 2.44. The maximum atomic E-state index is 2.44. The van der Waals surface area contributed by atoms with Gasteiger partial charge in [-0.05, 0) is 97.4 Å². The molecule has 1 aliphatic carbocycles. The van der Waals surface area contributed by atoms with Crippen LogP contribution in [0.15, 0.2) is 146 Å². The van der Waals surface area contributed by atoms with Gasteiger partial charge in [-0.1, -0.05) is 135 Å². The van der Waals surface area contributed by atoms with Crippen molar-refractivity contribution in [2.45, 2.75) is 25.7 Å². The van der Waals surface area contributed by atoms with E-state index in [2.05, 4.69) is 159 Å². The second-order valence-corrected chi connectivity index (χ2v) is 11.4. The van der Waals surface area contributed by atoms with Gasteiger partial charge in [0.15, 0.2) is 0 Å². The third-order valence-electron chi connectivity index (χ3n) is 8.55. The lowest BCUT2D eigenvalue weighted by Gasteiger charge is -2.36. The molecule has 0 bridgehead atoms. The Morgan fingerprint density at radius 1 is 0.350 bits per heavy atom. The van der Waals surface area contributed by atoms with Gasteiger partial charge in [0.25, 0.3) is 0 Å². The topological polar surface area (TPSA) is 0 Å². The summed E-state index contributed by atoms with van der Waals surface area (Å²) >= 11 is 0. The van der Waals surface area contributed by atoms with Crippen molar-refractivity contribution in [2.75, 3.05) is 0 Å². The number of hydrogen-bond donors (Lipinski definition) is 0. The molecule has 6 aromatic carbocycles. The average Bonchev–Trinajstić information content (AvgIpc) is 3.02. The summed E-state index contributed by atoms with van der Waals surface area (Å²) in [6.45, 7) is 4.77. The SMILES string of the molecule is CC1(C)c2cc(-c3cccc(-c4ccccc4)c3)ccc2Cc2ccc(-c3cccc(-c4ccccc4)c3)cc21. The number of benzene rings is 6. The van der Waals surface area contributed by atoms with E-state index in [1.165, 1.54) is 66.8 Å². The van der Waals surface area contributed by atoms with Crippen molar-refractivity contribution in [2.24, 2.45) is 0 Å². The van der Waals surface area contributed by atoms with Crippen LogP contribution in [0.2, 0.25) is 0 Å². The van der Waals surface area contributed by atoms with Gasteiger partial charge in [0.05, 0.1) is 0 Å². The standard InChI is InChI=1S/C40H32/c1-40(2)38-26-34(32-17-9-15-30(23-32)28-11-5-3-6-12-28)19-21-36(38)25-37-22-20-35(27-39(37)40)33-18-10-16-31(24-33)29-13-7-4-8-14-29/h3-24,26-27H,25H2,1-2H3. The largest absolute Gasteiger partial charge is 0.0622 e. The second-order valence-electron chi connectivity index (χ2n) is 11.4. The van der Waals surface area contributed by atoms with E-state index in [1.54, 1.807) is 0 Å². The minimum absolute atomic E-state index is 0.0942. The second kappa shape index (κ2) is 9.81. The minimum Gasteiger partial charge on any atom is -0.0622 e.